The van der Waals surface area contributed by atoms with E-state index in [1.165, 1.54) is 37.1 Å². The summed E-state index contributed by atoms with van der Waals surface area (Å²) < 4.78 is 0. The maximum absolute atomic E-state index is 3.54. The average molecular weight is 218 g/mol. The van der Waals surface area contributed by atoms with Crippen molar-refractivity contribution >= 4 is 0 Å². The fraction of sp³-hybridized carbons (Fsp3) is 0.571. The van der Waals surface area contributed by atoms with Crippen LogP contribution in [0.1, 0.15) is 24.0 Å². The Hall–Kier alpha value is -0.860. The summed E-state index contributed by atoms with van der Waals surface area (Å²) >= 11 is 0. The molecule has 1 aliphatic heterocycles. The van der Waals surface area contributed by atoms with Crippen molar-refractivity contribution in [3.05, 3.63) is 35.4 Å². The Labute approximate surface area is 98.4 Å². The van der Waals surface area contributed by atoms with Crippen LogP contribution in [0, 0.1) is 12.8 Å². The van der Waals surface area contributed by atoms with E-state index in [9.17, 15) is 0 Å². The maximum Gasteiger partial charge on any atom is 0.0208 e. The molecular weight excluding hydrogens is 196 g/mol. The SMILES string of the molecule is Cc1ccccc1CNCCC1CCNC1. The van der Waals surface area contributed by atoms with Gasteiger partial charge in [0.05, 0.1) is 0 Å². The van der Waals surface area contributed by atoms with Crippen LogP contribution in [0.15, 0.2) is 24.3 Å². The number of rotatable bonds is 5. The molecule has 2 nitrogen and oxygen atoms in total. The molecule has 1 unspecified atom stereocenters. The van der Waals surface area contributed by atoms with E-state index >= 15 is 0 Å². The van der Waals surface area contributed by atoms with Crippen LogP contribution >= 0.6 is 0 Å². The Morgan fingerprint density at radius 1 is 1.38 bits per heavy atom. The zero-order chi connectivity index (χ0) is 11.2. The number of nitrogens with one attached hydrogen (secondary N) is 2. The summed E-state index contributed by atoms with van der Waals surface area (Å²) in [7, 11) is 0. The van der Waals surface area contributed by atoms with Crippen LogP contribution < -0.4 is 10.6 Å². The summed E-state index contributed by atoms with van der Waals surface area (Å²) in [5.41, 5.74) is 2.81. The third kappa shape index (κ3) is 3.32. The second-order valence-corrected chi connectivity index (χ2v) is 4.75. The highest BCUT2D eigenvalue weighted by Gasteiger charge is 2.13. The minimum Gasteiger partial charge on any atom is -0.316 e. The van der Waals surface area contributed by atoms with Gasteiger partial charge in [-0.15, -0.1) is 0 Å². The lowest BCUT2D eigenvalue weighted by Gasteiger charge is -2.10. The smallest absolute Gasteiger partial charge is 0.0208 e. The molecule has 1 aliphatic rings. The first-order valence-corrected chi connectivity index (χ1v) is 6.32. The van der Waals surface area contributed by atoms with Gasteiger partial charge in [-0.3, -0.25) is 0 Å². The van der Waals surface area contributed by atoms with Crippen molar-refractivity contribution in [1.29, 1.82) is 0 Å². The van der Waals surface area contributed by atoms with Crippen molar-refractivity contribution in [2.75, 3.05) is 19.6 Å². The van der Waals surface area contributed by atoms with Gasteiger partial charge in [0.15, 0.2) is 0 Å². The second-order valence-electron chi connectivity index (χ2n) is 4.75. The molecule has 0 saturated carbocycles. The topological polar surface area (TPSA) is 24.1 Å². The molecule has 2 heteroatoms. The second kappa shape index (κ2) is 6.02. The molecule has 2 N–H and O–H groups in total. The van der Waals surface area contributed by atoms with Gasteiger partial charge in [-0.1, -0.05) is 24.3 Å². The summed E-state index contributed by atoms with van der Waals surface area (Å²) in [6.07, 6.45) is 2.66. The number of hydrogen-bond acceptors (Lipinski definition) is 2. The van der Waals surface area contributed by atoms with Crippen LogP contribution in [-0.4, -0.2) is 19.6 Å². The van der Waals surface area contributed by atoms with Crippen molar-refractivity contribution in [1.82, 2.24) is 10.6 Å². The molecule has 16 heavy (non-hydrogen) atoms. The van der Waals surface area contributed by atoms with Crippen LogP contribution in [0.25, 0.3) is 0 Å². The summed E-state index contributed by atoms with van der Waals surface area (Å²) in [5.74, 6) is 0.893. The Balaban J connectivity index is 1.66. The van der Waals surface area contributed by atoms with Crippen LogP contribution in [-0.2, 0) is 6.54 Å². The highest BCUT2D eigenvalue weighted by Crippen LogP contribution is 2.11. The molecule has 1 fully saturated rings. The van der Waals surface area contributed by atoms with Gasteiger partial charge in [0.2, 0.25) is 0 Å². The van der Waals surface area contributed by atoms with Crippen LogP contribution in [0.4, 0.5) is 0 Å². The van der Waals surface area contributed by atoms with Crippen molar-refractivity contribution in [3.63, 3.8) is 0 Å². The van der Waals surface area contributed by atoms with Crippen molar-refractivity contribution < 1.29 is 0 Å². The first-order chi connectivity index (χ1) is 7.86. The summed E-state index contributed by atoms with van der Waals surface area (Å²) in [6.45, 7) is 6.75. The molecular formula is C14H22N2. The molecule has 0 radical (unpaired) electrons. The summed E-state index contributed by atoms with van der Waals surface area (Å²) in [6, 6.07) is 8.60. The van der Waals surface area contributed by atoms with E-state index in [-0.39, 0.29) is 0 Å². The Kier molecular flexibility index (Phi) is 4.37. The third-order valence-corrected chi connectivity index (χ3v) is 3.47. The molecule has 1 aromatic rings. The van der Waals surface area contributed by atoms with Gasteiger partial charge < -0.3 is 10.6 Å². The minimum absolute atomic E-state index is 0.893. The molecule has 1 saturated heterocycles. The van der Waals surface area contributed by atoms with Crippen LogP contribution in [0.2, 0.25) is 0 Å². The third-order valence-electron chi connectivity index (χ3n) is 3.47. The largest absolute Gasteiger partial charge is 0.316 e. The van der Waals surface area contributed by atoms with E-state index in [4.69, 9.17) is 0 Å². The lowest BCUT2D eigenvalue weighted by atomic mass is 10.0. The summed E-state index contributed by atoms with van der Waals surface area (Å²) in [5, 5.41) is 6.95. The van der Waals surface area contributed by atoms with Gasteiger partial charge in [-0.25, -0.2) is 0 Å². The maximum atomic E-state index is 3.54. The van der Waals surface area contributed by atoms with Gasteiger partial charge in [0.1, 0.15) is 0 Å². The normalized spacial score (nSPS) is 20.2. The molecule has 0 spiro atoms. The standard InChI is InChI=1S/C14H22N2/c1-12-4-2-3-5-14(12)11-16-9-7-13-6-8-15-10-13/h2-5,13,15-16H,6-11H2,1H3. The fourth-order valence-electron chi connectivity index (χ4n) is 2.30. The molecule has 1 atom stereocenters. The van der Waals surface area contributed by atoms with E-state index in [1.54, 1.807) is 0 Å². The van der Waals surface area contributed by atoms with Gasteiger partial charge in [-0.2, -0.15) is 0 Å². The van der Waals surface area contributed by atoms with E-state index in [0.29, 0.717) is 0 Å². The van der Waals surface area contributed by atoms with E-state index in [1.807, 2.05) is 0 Å². The zero-order valence-corrected chi connectivity index (χ0v) is 10.1. The highest BCUT2D eigenvalue weighted by atomic mass is 14.9. The molecule has 1 heterocycles. The average Bonchev–Trinajstić information content (AvgIpc) is 2.79. The molecule has 1 aromatic carbocycles. The van der Waals surface area contributed by atoms with Crippen LogP contribution in [0.3, 0.4) is 0 Å². The predicted octanol–water partition coefficient (Wildman–Crippen LogP) is 2.08. The Morgan fingerprint density at radius 3 is 3.00 bits per heavy atom. The van der Waals surface area contributed by atoms with Crippen molar-refractivity contribution in [3.8, 4) is 0 Å². The van der Waals surface area contributed by atoms with Gasteiger partial charge in [0.25, 0.3) is 0 Å². The van der Waals surface area contributed by atoms with E-state index in [2.05, 4.69) is 41.8 Å². The van der Waals surface area contributed by atoms with E-state index < -0.39 is 0 Å². The number of aryl methyl sites for hydroxylation is 1. The number of hydrogen-bond donors (Lipinski definition) is 2. The molecule has 0 bridgehead atoms. The van der Waals surface area contributed by atoms with Crippen molar-refractivity contribution in [2.45, 2.75) is 26.3 Å². The molecule has 88 valence electrons. The summed E-state index contributed by atoms with van der Waals surface area (Å²) in [4.78, 5) is 0. The van der Waals surface area contributed by atoms with Crippen LogP contribution in [0.5, 0.6) is 0 Å². The fourth-order valence-corrected chi connectivity index (χ4v) is 2.30. The molecule has 0 amide bonds. The molecule has 2 rings (SSSR count). The Bertz CT molecular complexity index is 316. The highest BCUT2D eigenvalue weighted by molar-refractivity contribution is 5.25. The van der Waals surface area contributed by atoms with E-state index in [0.717, 1.165) is 19.0 Å². The van der Waals surface area contributed by atoms with Gasteiger partial charge >= 0.3 is 0 Å². The molecule has 0 aliphatic carbocycles. The lowest BCUT2D eigenvalue weighted by molar-refractivity contribution is 0.500. The van der Waals surface area contributed by atoms with Gasteiger partial charge in [-0.05, 0) is 56.4 Å². The minimum atomic E-state index is 0.893. The predicted molar refractivity (Wildman–Crippen MR) is 68.5 cm³/mol. The number of benzene rings is 1. The first kappa shape index (κ1) is 11.6. The monoisotopic (exact) mass is 218 g/mol. The van der Waals surface area contributed by atoms with Gasteiger partial charge in [0, 0.05) is 6.54 Å². The zero-order valence-electron chi connectivity index (χ0n) is 10.1. The van der Waals surface area contributed by atoms with Crippen molar-refractivity contribution in [2.24, 2.45) is 5.92 Å². The quantitative estimate of drug-likeness (QED) is 0.739. The lowest BCUT2D eigenvalue weighted by Crippen LogP contribution is -2.19. The first-order valence-electron chi connectivity index (χ1n) is 6.32. The Morgan fingerprint density at radius 2 is 2.25 bits per heavy atom. The molecule has 0 aromatic heterocycles.